The molecular formula is C12H21NOS2. The lowest BCUT2D eigenvalue weighted by Crippen LogP contribution is -2.19. The minimum absolute atomic E-state index is 0.369. The molecule has 0 bridgehead atoms. The van der Waals surface area contributed by atoms with Crippen molar-refractivity contribution in [1.82, 2.24) is 5.32 Å². The fraction of sp³-hybridized carbons (Fsp3) is 0.667. The van der Waals surface area contributed by atoms with Crippen LogP contribution in [0.15, 0.2) is 12.1 Å². The van der Waals surface area contributed by atoms with Gasteiger partial charge in [0.05, 0.1) is 7.11 Å². The average molecular weight is 259 g/mol. The van der Waals surface area contributed by atoms with Crippen molar-refractivity contribution in [2.45, 2.75) is 32.1 Å². The van der Waals surface area contributed by atoms with Crippen molar-refractivity contribution in [2.24, 2.45) is 0 Å². The molecule has 0 unspecified atom stereocenters. The lowest BCUT2D eigenvalue weighted by Gasteiger charge is -2.17. The van der Waals surface area contributed by atoms with E-state index in [-0.39, 0.29) is 0 Å². The second kappa shape index (κ2) is 6.52. The first-order valence-electron chi connectivity index (χ1n) is 5.48. The van der Waals surface area contributed by atoms with Crippen molar-refractivity contribution in [3.63, 3.8) is 0 Å². The van der Waals surface area contributed by atoms with Crippen LogP contribution in [0.5, 0.6) is 5.06 Å². The van der Waals surface area contributed by atoms with Crippen molar-refractivity contribution in [3.05, 3.63) is 17.0 Å². The summed E-state index contributed by atoms with van der Waals surface area (Å²) in [5.41, 5.74) is 0. The standard InChI is InChI=1S/C12H21NOS2/c1-12(2,3)15-8-7-13-9-10-5-6-11(14-4)16-10/h5-6,13H,7-9H2,1-4H3. The van der Waals surface area contributed by atoms with Crippen molar-refractivity contribution in [3.8, 4) is 5.06 Å². The Morgan fingerprint density at radius 1 is 1.38 bits per heavy atom. The highest BCUT2D eigenvalue weighted by Crippen LogP contribution is 2.24. The molecule has 0 aliphatic rings. The topological polar surface area (TPSA) is 21.3 Å². The highest BCUT2D eigenvalue weighted by atomic mass is 32.2. The molecule has 0 aliphatic carbocycles. The quantitative estimate of drug-likeness (QED) is 0.791. The van der Waals surface area contributed by atoms with Crippen molar-refractivity contribution < 1.29 is 4.74 Å². The molecule has 1 rings (SSSR count). The van der Waals surface area contributed by atoms with Gasteiger partial charge in [-0.2, -0.15) is 11.8 Å². The van der Waals surface area contributed by atoms with Gasteiger partial charge in [-0.05, 0) is 12.1 Å². The SMILES string of the molecule is COc1ccc(CNCCSC(C)(C)C)s1. The molecule has 0 saturated heterocycles. The van der Waals surface area contributed by atoms with Crippen LogP contribution >= 0.6 is 23.1 Å². The number of hydrogen-bond donors (Lipinski definition) is 1. The Labute approximate surface area is 107 Å². The van der Waals surface area contributed by atoms with E-state index in [0.717, 1.165) is 23.9 Å². The minimum atomic E-state index is 0.369. The average Bonchev–Trinajstić information content (AvgIpc) is 2.63. The van der Waals surface area contributed by atoms with Gasteiger partial charge < -0.3 is 10.1 Å². The molecule has 4 heteroatoms. The molecule has 0 aliphatic heterocycles. The van der Waals surface area contributed by atoms with Crippen LogP contribution < -0.4 is 10.1 Å². The van der Waals surface area contributed by atoms with Gasteiger partial charge in [0.25, 0.3) is 0 Å². The molecule has 2 nitrogen and oxygen atoms in total. The number of ether oxygens (including phenoxy) is 1. The van der Waals surface area contributed by atoms with Gasteiger partial charge in [-0.25, -0.2) is 0 Å². The van der Waals surface area contributed by atoms with Crippen LogP contribution in [0.3, 0.4) is 0 Å². The van der Waals surface area contributed by atoms with Crippen LogP contribution in [0.4, 0.5) is 0 Å². The molecule has 16 heavy (non-hydrogen) atoms. The molecule has 0 amide bonds. The van der Waals surface area contributed by atoms with Crippen molar-refractivity contribution in [1.29, 1.82) is 0 Å². The van der Waals surface area contributed by atoms with Gasteiger partial charge in [-0.1, -0.05) is 20.8 Å². The molecule has 92 valence electrons. The summed E-state index contributed by atoms with van der Waals surface area (Å²) in [5.74, 6) is 1.16. The summed E-state index contributed by atoms with van der Waals surface area (Å²) in [6.45, 7) is 8.76. The van der Waals surface area contributed by atoms with Gasteiger partial charge in [0, 0.05) is 28.5 Å². The molecule has 0 spiro atoms. The summed E-state index contributed by atoms with van der Waals surface area (Å²) in [7, 11) is 1.71. The molecule has 0 atom stereocenters. The number of thiophene rings is 1. The van der Waals surface area contributed by atoms with E-state index < -0.39 is 0 Å². The minimum Gasteiger partial charge on any atom is -0.487 e. The Hall–Kier alpha value is -0.190. The number of rotatable bonds is 6. The molecular weight excluding hydrogens is 238 g/mol. The Morgan fingerprint density at radius 2 is 2.12 bits per heavy atom. The molecule has 0 saturated carbocycles. The van der Waals surface area contributed by atoms with E-state index in [2.05, 4.69) is 32.2 Å². The fourth-order valence-electron chi connectivity index (χ4n) is 1.20. The summed E-state index contributed by atoms with van der Waals surface area (Å²) in [4.78, 5) is 1.33. The number of hydrogen-bond acceptors (Lipinski definition) is 4. The largest absolute Gasteiger partial charge is 0.487 e. The molecule has 1 aromatic rings. The zero-order chi connectivity index (χ0) is 12.0. The van der Waals surface area contributed by atoms with E-state index in [4.69, 9.17) is 4.74 Å². The fourth-order valence-corrected chi connectivity index (χ4v) is 2.85. The first-order valence-corrected chi connectivity index (χ1v) is 7.29. The molecule has 0 radical (unpaired) electrons. The van der Waals surface area contributed by atoms with Gasteiger partial charge >= 0.3 is 0 Å². The van der Waals surface area contributed by atoms with Gasteiger partial charge in [0.2, 0.25) is 0 Å². The van der Waals surface area contributed by atoms with Crippen molar-refractivity contribution in [2.75, 3.05) is 19.4 Å². The van der Waals surface area contributed by atoms with Gasteiger partial charge in [-0.15, -0.1) is 11.3 Å². The third kappa shape index (κ3) is 5.77. The second-order valence-corrected chi connectivity index (χ2v) is 7.62. The maximum atomic E-state index is 5.15. The highest BCUT2D eigenvalue weighted by Gasteiger charge is 2.09. The van der Waals surface area contributed by atoms with Crippen LogP contribution in [0.1, 0.15) is 25.6 Å². The molecule has 1 N–H and O–H groups in total. The molecule has 0 fully saturated rings. The van der Waals surface area contributed by atoms with E-state index >= 15 is 0 Å². The maximum Gasteiger partial charge on any atom is 0.173 e. The maximum absolute atomic E-state index is 5.15. The Kier molecular flexibility index (Phi) is 5.66. The van der Waals surface area contributed by atoms with E-state index in [1.165, 1.54) is 4.88 Å². The Balaban J connectivity index is 2.11. The van der Waals surface area contributed by atoms with Crippen LogP contribution in [0.25, 0.3) is 0 Å². The predicted octanol–water partition coefficient (Wildman–Crippen LogP) is 3.38. The van der Waals surface area contributed by atoms with Gasteiger partial charge in [0.15, 0.2) is 5.06 Å². The molecule has 1 aromatic heterocycles. The monoisotopic (exact) mass is 259 g/mol. The zero-order valence-electron chi connectivity index (χ0n) is 10.5. The van der Waals surface area contributed by atoms with Crippen LogP contribution in [0.2, 0.25) is 0 Å². The number of thioether (sulfide) groups is 1. The van der Waals surface area contributed by atoms with E-state index in [0.29, 0.717) is 4.75 Å². The molecule has 0 aromatic carbocycles. The summed E-state index contributed by atoms with van der Waals surface area (Å²) in [6.07, 6.45) is 0. The van der Waals surface area contributed by atoms with E-state index in [9.17, 15) is 0 Å². The van der Waals surface area contributed by atoms with Crippen LogP contribution in [-0.4, -0.2) is 24.2 Å². The summed E-state index contributed by atoms with van der Waals surface area (Å²) in [6, 6.07) is 4.14. The summed E-state index contributed by atoms with van der Waals surface area (Å²) >= 11 is 3.70. The third-order valence-electron chi connectivity index (χ3n) is 1.95. The second-order valence-electron chi connectivity index (χ2n) is 4.56. The van der Waals surface area contributed by atoms with Crippen molar-refractivity contribution >= 4 is 23.1 Å². The van der Waals surface area contributed by atoms with Crippen LogP contribution in [-0.2, 0) is 6.54 Å². The number of nitrogens with one attached hydrogen (secondary N) is 1. The normalized spacial score (nSPS) is 11.8. The molecule has 1 heterocycles. The van der Waals surface area contributed by atoms with Gasteiger partial charge in [0.1, 0.15) is 0 Å². The predicted molar refractivity (Wildman–Crippen MR) is 74.8 cm³/mol. The Morgan fingerprint density at radius 3 is 2.69 bits per heavy atom. The first-order chi connectivity index (χ1) is 7.51. The number of methoxy groups -OCH3 is 1. The Bertz CT molecular complexity index is 304. The van der Waals surface area contributed by atoms with Crippen LogP contribution in [0, 0.1) is 0 Å². The summed E-state index contributed by atoms with van der Waals surface area (Å²) in [5, 5.41) is 4.43. The smallest absolute Gasteiger partial charge is 0.173 e. The van der Waals surface area contributed by atoms with E-state index in [1.807, 2.05) is 17.8 Å². The lowest BCUT2D eigenvalue weighted by atomic mass is 10.3. The summed E-state index contributed by atoms with van der Waals surface area (Å²) < 4.78 is 5.52. The first kappa shape index (κ1) is 13.9. The van der Waals surface area contributed by atoms with Gasteiger partial charge in [-0.3, -0.25) is 0 Å². The zero-order valence-corrected chi connectivity index (χ0v) is 12.1. The van der Waals surface area contributed by atoms with E-state index in [1.54, 1.807) is 18.4 Å². The highest BCUT2D eigenvalue weighted by molar-refractivity contribution is 8.00. The third-order valence-corrected chi connectivity index (χ3v) is 4.27. The lowest BCUT2D eigenvalue weighted by molar-refractivity contribution is 0.427.